The first-order valence-corrected chi connectivity index (χ1v) is 4.27. The lowest BCUT2D eigenvalue weighted by Crippen LogP contribution is -2.12. The van der Waals surface area contributed by atoms with E-state index in [-0.39, 0.29) is 17.9 Å². The van der Waals surface area contributed by atoms with Crippen LogP contribution in [-0.4, -0.2) is 9.38 Å². The number of halogens is 3. The van der Waals surface area contributed by atoms with Crippen molar-refractivity contribution in [3.63, 3.8) is 0 Å². The second kappa shape index (κ2) is 3.23. The molecule has 0 atom stereocenters. The Bertz CT molecular complexity index is 487. The fraction of sp³-hybridized carbons (Fsp3) is 0.222. The second-order valence-corrected chi connectivity index (χ2v) is 3.04. The molecular formula is C9H8F3N3. The third-order valence-corrected chi connectivity index (χ3v) is 2.09. The van der Waals surface area contributed by atoms with Gasteiger partial charge in [0.1, 0.15) is 5.65 Å². The smallest absolute Gasteiger partial charge is 0.325 e. The van der Waals surface area contributed by atoms with Crippen LogP contribution in [0.1, 0.15) is 11.4 Å². The summed E-state index contributed by atoms with van der Waals surface area (Å²) in [6.45, 7) is -0.194. The summed E-state index contributed by atoms with van der Waals surface area (Å²) in [7, 11) is 0. The number of pyridine rings is 1. The van der Waals surface area contributed by atoms with E-state index in [1.54, 1.807) is 12.1 Å². The van der Waals surface area contributed by atoms with Gasteiger partial charge in [0.15, 0.2) is 5.69 Å². The van der Waals surface area contributed by atoms with Gasteiger partial charge in [0, 0.05) is 12.7 Å². The van der Waals surface area contributed by atoms with Crippen molar-refractivity contribution in [2.45, 2.75) is 12.7 Å². The van der Waals surface area contributed by atoms with Gasteiger partial charge < -0.3 is 10.1 Å². The number of rotatable bonds is 1. The molecule has 0 aliphatic carbocycles. The molecule has 0 bridgehead atoms. The molecule has 0 aliphatic heterocycles. The van der Waals surface area contributed by atoms with Crippen molar-refractivity contribution in [3.05, 3.63) is 35.8 Å². The number of nitrogens with two attached hydrogens (primary N) is 1. The average Bonchev–Trinajstić information content (AvgIpc) is 2.55. The van der Waals surface area contributed by atoms with Crippen LogP contribution in [0, 0.1) is 0 Å². The molecule has 2 N–H and O–H groups in total. The molecule has 0 saturated carbocycles. The minimum atomic E-state index is -4.46. The van der Waals surface area contributed by atoms with Crippen molar-refractivity contribution < 1.29 is 13.2 Å². The lowest BCUT2D eigenvalue weighted by atomic mass is 10.3. The first-order chi connectivity index (χ1) is 7.04. The number of fused-ring (bicyclic) bond motifs is 1. The number of alkyl halides is 3. The van der Waals surface area contributed by atoms with Crippen LogP contribution in [0.3, 0.4) is 0 Å². The summed E-state index contributed by atoms with van der Waals surface area (Å²) in [5, 5.41) is 0. The van der Waals surface area contributed by atoms with Crippen LogP contribution in [0.25, 0.3) is 5.65 Å². The minimum Gasteiger partial charge on any atom is -0.325 e. The summed E-state index contributed by atoms with van der Waals surface area (Å²) in [5.41, 5.74) is 4.63. The molecule has 0 spiro atoms. The van der Waals surface area contributed by atoms with E-state index < -0.39 is 11.9 Å². The average molecular weight is 215 g/mol. The normalized spacial score (nSPS) is 12.3. The van der Waals surface area contributed by atoms with E-state index >= 15 is 0 Å². The number of aromatic nitrogens is 2. The molecular weight excluding hydrogens is 207 g/mol. The molecule has 2 heterocycles. The predicted octanol–water partition coefficient (Wildman–Crippen LogP) is 1.81. The quantitative estimate of drug-likeness (QED) is 0.788. The van der Waals surface area contributed by atoms with Gasteiger partial charge in [-0.2, -0.15) is 13.2 Å². The largest absolute Gasteiger partial charge is 0.435 e. The van der Waals surface area contributed by atoms with E-state index in [2.05, 4.69) is 4.98 Å². The van der Waals surface area contributed by atoms with E-state index in [9.17, 15) is 13.2 Å². The minimum absolute atomic E-state index is 0.0156. The van der Waals surface area contributed by atoms with Gasteiger partial charge in [0.05, 0.1) is 5.69 Å². The third kappa shape index (κ3) is 1.56. The van der Waals surface area contributed by atoms with Crippen LogP contribution in [0.2, 0.25) is 0 Å². The van der Waals surface area contributed by atoms with E-state index in [0.29, 0.717) is 0 Å². The van der Waals surface area contributed by atoms with Gasteiger partial charge in [-0.25, -0.2) is 4.98 Å². The van der Waals surface area contributed by atoms with Gasteiger partial charge in [-0.3, -0.25) is 0 Å². The molecule has 0 fully saturated rings. The van der Waals surface area contributed by atoms with Crippen LogP contribution in [0.15, 0.2) is 24.4 Å². The maximum atomic E-state index is 12.5. The molecule has 0 aromatic carbocycles. The summed E-state index contributed by atoms with van der Waals surface area (Å²) >= 11 is 0. The van der Waals surface area contributed by atoms with Gasteiger partial charge in [-0.15, -0.1) is 0 Å². The zero-order chi connectivity index (χ0) is 11.1. The summed E-state index contributed by atoms with van der Waals surface area (Å²) in [6, 6.07) is 4.77. The molecule has 15 heavy (non-hydrogen) atoms. The Morgan fingerprint density at radius 2 is 2.07 bits per heavy atom. The highest BCUT2D eigenvalue weighted by Crippen LogP contribution is 2.31. The van der Waals surface area contributed by atoms with Crippen LogP contribution in [-0.2, 0) is 12.7 Å². The molecule has 0 aliphatic rings. The SMILES string of the molecule is NCc1c(C(F)(F)F)nc2ccccn12. The highest BCUT2D eigenvalue weighted by atomic mass is 19.4. The number of nitrogens with zero attached hydrogens (tertiary/aromatic N) is 2. The topological polar surface area (TPSA) is 43.3 Å². The zero-order valence-electron chi connectivity index (χ0n) is 7.62. The monoisotopic (exact) mass is 215 g/mol. The molecule has 0 unspecified atom stereocenters. The summed E-state index contributed by atoms with van der Waals surface area (Å²) in [4.78, 5) is 3.51. The van der Waals surface area contributed by atoms with Crippen LogP contribution >= 0.6 is 0 Å². The van der Waals surface area contributed by atoms with Crippen LogP contribution in [0.4, 0.5) is 13.2 Å². The Morgan fingerprint density at radius 1 is 1.33 bits per heavy atom. The van der Waals surface area contributed by atoms with E-state index in [0.717, 1.165) is 0 Å². The molecule has 0 saturated heterocycles. The first-order valence-electron chi connectivity index (χ1n) is 4.27. The van der Waals surface area contributed by atoms with E-state index in [1.165, 1.54) is 16.7 Å². The number of imidazole rings is 1. The first kappa shape index (κ1) is 9.97. The van der Waals surface area contributed by atoms with E-state index in [4.69, 9.17) is 5.73 Å². The Morgan fingerprint density at radius 3 is 2.67 bits per heavy atom. The lowest BCUT2D eigenvalue weighted by molar-refractivity contribution is -0.141. The molecule has 6 heteroatoms. The van der Waals surface area contributed by atoms with Gasteiger partial charge in [-0.05, 0) is 12.1 Å². The Labute approximate surface area is 83.3 Å². The van der Waals surface area contributed by atoms with Crippen LogP contribution < -0.4 is 5.73 Å². The summed E-state index contributed by atoms with van der Waals surface area (Å²) in [6.07, 6.45) is -2.94. The van der Waals surface area contributed by atoms with Crippen molar-refractivity contribution in [1.29, 1.82) is 0 Å². The highest BCUT2D eigenvalue weighted by Gasteiger charge is 2.37. The van der Waals surface area contributed by atoms with Crippen molar-refractivity contribution >= 4 is 5.65 Å². The lowest BCUT2D eigenvalue weighted by Gasteiger charge is -2.04. The number of hydrogen-bond donors (Lipinski definition) is 1. The van der Waals surface area contributed by atoms with Crippen LogP contribution in [0.5, 0.6) is 0 Å². The van der Waals surface area contributed by atoms with Crippen molar-refractivity contribution in [3.8, 4) is 0 Å². The van der Waals surface area contributed by atoms with Crippen molar-refractivity contribution in [2.75, 3.05) is 0 Å². The molecule has 3 nitrogen and oxygen atoms in total. The second-order valence-electron chi connectivity index (χ2n) is 3.04. The van der Waals surface area contributed by atoms with Gasteiger partial charge in [-0.1, -0.05) is 6.07 Å². The molecule has 80 valence electrons. The maximum absolute atomic E-state index is 12.5. The predicted molar refractivity (Wildman–Crippen MR) is 48.1 cm³/mol. The zero-order valence-corrected chi connectivity index (χ0v) is 7.62. The van der Waals surface area contributed by atoms with E-state index in [1.807, 2.05) is 0 Å². The Hall–Kier alpha value is -1.56. The highest BCUT2D eigenvalue weighted by molar-refractivity contribution is 5.43. The van der Waals surface area contributed by atoms with Crippen molar-refractivity contribution in [2.24, 2.45) is 5.73 Å². The molecule has 0 radical (unpaired) electrons. The van der Waals surface area contributed by atoms with Gasteiger partial charge >= 0.3 is 6.18 Å². The molecule has 2 aromatic rings. The summed E-state index contributed by atoms with van der Waals surface area (Å²) < 4.78 is 39.0. The standard InChI is InChI=1S/C9H8F3N3/c10-9(11,12)8-6(5-13)15-4-2-1-3-7(15)14-8/h1-4H,5,13H2. The maximum Gasteiger partial charge on any atom is 0.435 e. The molecule has 2 aromatic heterocycles. The summed E-state index contributed by atoms with van der Waals surface area (Å²) in [5.74, 6) is 0. The Balaban J connectivity index is 2.75. The fourth-order valence-corrected chi connectivity index (χ4v) is 1.47. The van der Waals surface area contributed by atoms with Gasteiger partial charge in [0.25, 0.3) is 0 Å². The molecule has 0 amide bonds. The molecule has 2 rings (SSSR count). The van der Waals surface area contributed by atoms with Gasteiger partial charge in [0.2, 0.25) is 0 Å². The Kier molecular flexibility index (Phi) is 2.15. The fourth-order valence-electron chi connectivity index (χ4n) is 1.47. The number of hydrogen-bond acceptors (Lipinski definition) is 2. The van der Waals surface area contributed by atoms with Crippen molar-refractivity contribution in [1.82, 2.24) is 9.38 Å². The third-order valence-electron chi connectivity index (χ3n) is 2.09.